The second kappa shape index (κ2) is 9.43. The Hall–Kier alpha value is -4.34. The fourth-order valence-electron chi connectivity index (χ4n) is 2.86. The first-order chi connectivity index (χ1) is 15.6. The summed E-state index contributed by atoms with van der Waals surface area (Å²) in [5.74, 6) is -1.46. The Bertz CT molecular complexity index is 1320. The summed E-state index contributed by atoms with van der Waals surface area (Å²) in [6.45, 7) is 1.80. The van der Waals surface area contributed by atoms with E-state index in [0.29, 0.717) is 11.2 Å². The van der Waals surface area contributed by atoms with Gasteiger partial charge in [0.15, 0.2) is 0 Å². The lowest BCUT2D eigenvalue weighted by molar-refractivity contribution is -0.137. The summed E-state index contributed by atoms with van der Waals surface area (Å²) < 4.78 is 39.3. The Morgan fingerprint density at radius 1 is 1.06 bits per heavy atom. The van der Waals surface area contributed by atoms with E-state index in [4.69, 9.17) is 10.8 Å². The Kier molecular flexibility index (Phi) is 6.67. The molecule has 1 amide bonds. The van der Waals surface area contributed by atoms with Crippen LogP contribution < -0.4 is 11.1 Å². The fourth-order valence-corrected chi connectivity index (χ4v) is 2.86. The van der Waals surface area contributed by atoms with Gasteiger partial charge in [-0.1, -0.05) is 18.2 Å². The van der Waals surface area contributed by atoms with Crippen LogP contribution in [0.5, 0.6) is 0 Å². The van der Waals surface area contributed by atoms with Crippen molar-refractivity contribution in [3.05, 3.63) is 95.3 Å². The molecule has 0 aliphatic heterocycles. The smallest absolute Gasteiger partial charge is 0.416 e. The molecular weight excluding hydrogens is 437 g/mol. The standard InChI is InChI=1S/C15H13F3N2O.C8H6N2O2/c1-9-5-6-10(7-13(9)19)14(21)20-12-4-2-3-11(8-12)15(16,17)18;11-8(12)6-5-9-10-4-2-1-3-7(6)10/h2-8H,19H2,1H3,(H,20,21);1-5H,(H,11,12). The summed E-state index contributed by atoms with van der Waals surface area (Å²) in [4.78, 5) is 22.6. The van der Waals surface area contributed by atoms with Crippen LogP contribution in [-0.4, -0.2) is 26.6 Å². The molecule has 0 atom stereocenters. The predicted molar refractivity (Wildman–Crippen MR) is 117 cm³/mol. The maximum absolute atomic E-state index is 12.6. The van der Waals surface area contributed by atoms with Crippen LogP contribution in [0.25, 0.3) is 5.52 Å². The molecule has 2 aromatic carbocycles. The summed E-state index contributed by atoms with van der Waals surface area (Å²) in [7, 11) is 0. The largest absolute Gasteiger partial charge is 0.478 e. The predicted octanol–water partition coefficient (Wildman–Crippen LogP) is 4.88. The number of aromatic nitrogens is 2. The van der Waals surface area contributed by atoms with E-state index in [0.717, 1.165) is 17.7 Å². The molecule has 10 heteroatoms. The minimum absolute atomic E-state index is 0.0778. The number of anilines is 2. The highest BCUT2D eigenvalue weighted by Crippen LogP contribution is 2.30. The molecule has 170 valence electrons. The van der Waals surface area contributed by atoms with Crippen LogP contribution in [0.4, 0.5) is 24.5 Å². The lowest BCUT2D eigenvalue weighted by atomic mass is 10.1. The SMILES string of the molecule is Cc1ccc(C(=O)Nc2cccc(C(F)(F)F)c2)cc1N.O=C(O)c1cnn2ccccc12. The van der Waals surface area contributed by atoms with Gasteiger partial charge in [0, 0.05) is 23.1 Å². The van der Waals surface area contributed by atoms with Crippen molar-refractivity contribution in [2.24, 2.45) is 0 Å². The molecule has 0 radical (unpaired) electrons. The van der Waals surface area contributed by atoms with Gasteiger partial charge in [-0.2, -0.15) is 18.3 Å². The van der Waals surface area contributed by atoms with Gasteiger partial charge in [-0.3, -0.25) is 4.79 Å². The first kappa shape index (κ1) is 23.3. The number of halogens is 3. The molecule has 0 saturated carbocycles. The van der Waals surface area contributed by atoms with Gasteiger partial charge in [0.05, 0.1) is 17.3 Å². The van der Waals surface area contributed by atoms with Crippen LogP contribution in [-0.2, 0) is 6.18 Å². The topological polar surface area (TPSA) is 110 Å². The molecule has 0 saturated heterocycles. The molecule has 0 spiro atoms. The summed E-state index contributed by atoms with van der Waals surface area (Å²) >= 11 is 0. The molecule has 33 heavy (non-hydrogen) atoms. The molecule has 0 aliphatic carbocycles. The molecule has 0 unspecified atom stereocenters. The van der Waals surface area contributed by atoms with Crippen LogP contribution in [0.3, 0.4) is 0 Å². The number of nitrogen functional groups attached to an aromatic ring is 1. The van der Waals surface area contributed by atoms with Crippen molar-refractivity contribution in [3.63, 3.8) is 0 Å². The first-order valence-corrected chi connectivity index (χ1v) is 9.56. The molecule has 2 aromatic heterocycles. The zero-order chi connectivity index (χ0) is 24.2. The number of hydrogen-bond donors (Lipinski definition) is 3. The average Bonchev–Trinajstić information content (AvgIpc) is 3.20. The third kappa shape index (κ3) is 5.67. The van der Waals surface area contributed by atoms with E-state index < -0.39 is 23.6 Å². The third-order valence-electron chi connectivity index (χ3n) is 4.65. The zero-order valence-electron chi connectivity index (χ0n) is 17.3. The highest BCUT2D eigenvalue weighted by atomic mass is 19.4. The van der Waals surface area contributed by atoms with Crippen LogP contribution in [0, 0.1) is 6.92 Å². The molecule has 4 rings (SSSR count). The molecule has 4 N–H and O–H groups in total. The average molecular weight is 456 g/mol. The van der Waals surface area contributed by atoms with Crippen molar-refractivity contribution in [3.8, 4) is 0 Å². The highest BCUT2D eigenvalue weighted by Gasteiger charge is 2.30. The van der Waals surface area contributed by atoms with Crippen molar-refractivity contribution in [1.82, 2.24) is 9.61 Å². The molecule has 0 aliphatic rings. The van der Waals surface area contributed by atoms with E-state index in [1.165, 1.54) is 28.9 Å². The molecule has 4 aromatic rings. The van der Waals surface area contributed by atoms with Gasteiger partial charge < -0.3 is 16.2 Å². The lowest BCUT2D eigenvalue weighted by Crippen LogP contribution is -2.13. The number of nitrogens with two attached hydrogens (primary N) is 1. The van der Waals surface area contributed by atoms with Crippen LogP contribution in [0.15, 0.2) is 73.1 Å². The number of pyridine rings is 1. The summed E-state index contributed by atoms with van der Waals surface area (Å²) in [5, 5.41) is 15.0. The van der Waals surface area contributed by atoms with Gasteiger partial charge in [-0.15, -0.1) is 0 Å². The monoisotopic (exact) mass is 456 g/mol. The highest BCUT2D eigenvalue weighted by molar-refractivity contribution is 6.04. The number of carbonyl (C=O) groups is 2. The summed E-state index contributed by atoms with van der Waals surface area (Å²) in [6.07, 6.45) is -1.39. The minimum atomic E-state index is -4.45. The molecular formula is C23H19F3N4O3. The number of aromatic carboxylic acids is 1. The quantitative estimate of drug-likeness (QED) is 0.381. The van der Waals surface area contributed by atoms with Gasteiger partial charge in [0.25, 0.3) is 5.91 Å². The van der Waals surface area contributed by atoms with Crippen molar-refractivity contribution >= 4 is 28.8 Å². The number of rotatable bonds is 3. The Balaban J connectivity index is 0.000000215. The normalized spacial score (nSPS) is 10.9. The van der Waals surface area contributed by atoms with Gasteiger partial charge in [-0.05, 0) is 55.0 Å². The van der Waals surface area contributed by atoms with E-state index in [1.807, 2.05) is 0 Å². The van der Waals surface area contributed by atoms with Crippen molar-refractivity contribution in [1.29, 1.82) is 0 Å². The Morgan fingerprint density at radius 3 is 2.48 bits per heavy atom. The number of nitrogens with one attached hydrogen (secondary N) is 1. The van der Waals surface area contributed by atoms with Crippen molar-refractivity contribution in [2.75, 3.05) is 11.1 Å². The minimum Gasteiger partial charge on any atom is -0.478 e. The molecule has 0 fully saturated rings. The van der Waals surface area contributed by atoms with Crippen molar-refractivity contribution in [2.45, 2.75) is 13.1 Å². The van der Waals surface area contributed by atoms with E-state index in [1.54, 1.807) is 43.5 Å². The van der Waals surface area contributed by atoms with Crippen LogP contribution >= 0.6 is 0 Å². The number of benzene rings is 2. The van der Waals surface area contributed by atoms with E-state index in [9.17, 15) is 22.8 Å². The maximum atomic E-state index is 12.6. The summed E-state index contributed by atoms with van der Waals surface area (Å²) in [6, 6.07) is 14.5. The zero-order valence-corrected chi connectivity index (χ0v) is 17.3. The molecule has 7 nitrogen and oxygen atoms in total. The number of carboxylic acid groups (broad SMARTS) is 1. The van der Waals surface area contributed by atoms with Crippen LogP contribution in [0.1, 0.15) is 31.8 Å². The lowest BCUT2D eigenvalue weighted by Gasteiger charge is -2.10. The van der Waals surface area contributed by atoms with E-state index in [-0.39, 0.29) is 16.8 Å². The number of aryl methyl sites for hydroxylation is 1. The number of carbonyl (C=O) groups excluding carboxylic acids is 1. The van der Waals surface area contributed by atoms with Gasteiger partial charge >= 0.3 is 12.1 Å². The van der Waals surface area contributed by atoms with Gasteiger partial charge in [-0.25, -0.2) is 9.31 Å². The summed E-state index contributed by atoms with van der Waals surface area (Å²) in [5.41, 5.74) is 7.38. The first-order valence-electron chi connectivity index (χ1n) is 9.56. The second-order valence-corrected chi connectivity index (χ2v) is 7.00. The van der Waals surface area contributed by atoms with Crippen LogP contribution in [0.2, 0.25) is 0 Å². The Morgan fingerprint density at radius 2 is 1.82 bits per heavy atom. The number of fused-ring (bicyclic) bond motifs is 1. The number of amides is 1. The fraction of sp³-hybridized carbons (Fsp3) is 0.0870. The molecule has 2 heterocycles. The second-order valence-electron chi connectivity index (χ2n) is 7.00. The number of hydrogen-bond acceptors (Lipinski definition) is 4. The third-order valence-corrected chi connectivity index (χ3v) is 4.65. The van der Waals surface area contributed by atoms with Crippen molar-refractivity contribution < 1.29 is 27.9 Å². The molecule has 0 bridgehead atoms. The number of carboxylic acids is 1. The van der Waals surface area contributed by atoms with Gasteiger partial charge in [0.2, 0.25) is 0 Å². The van der Waals surface area contributed by atoms with E-state index in [2.05, 4.69) is 10.4 Å². The van der Waals surface area contributed by atoms with E-state index >= 15 is 0 Å². The maximum Gasteiger partial charge on any atom is 0.416 e. The Labute approximate surface area is 186 Å². The number of nitrogens with zero attached hydrogens (tertiary/aromatic N) is 2. The van der Waals surface area contributed by atoms with Gasteiger partial charge in [0.1, 0.15) is 5.56 Å². The number of alkyl halides is 3.